The number of rotatable bonds is 10. The van der Waals surface area contributed by atoms with Gasteiger partial charge in [0.1, 0.15) is 0 Å². The zero-order valence-corrected chi connectivity index (χ0v) is 8.88. The van der Waals surface area contributed by atoms with Gasteiger partial charge in [-0.3, -0.25) is 0 Å². The molecular formula is C10H22O3. The minimum Gasteiger partial charge on any atom is -0.385 e. The Labute approximate surface area is 81.4 Å². The largest absolute Gasteiger partial charge is 0.385 e. The fraction of sp³-hybridized carbons (Fsp3) is 1.00. The third-order valence-electron chi connectivity index (χ3n) is 1.82. The summed E-state index contributed by atoms with van der Waals surface area (Å²) >= 11 is 0. The van der Waals surface area contributed by atoms with Crippen molar-refractivity contribution in [2.24, 2.45) is 0 Å². The minimum atomic E-state index is 0.698. The second kappa shape index (κ2) is 11.9. The Balaban J connectivity index is 2.76. The van der Waals surface area contributed by atoms with Crippen LogP contribution in [0, 0.1) is 0 Å². The Bertz CT molecular complexity index is 76.2. The molecule has 0 bridgehead atoms. The van der Waals surface area contributed by atoms with E-state index >= 15 is 0 Å². The Morgan fingerprint density at radius 3 is 1.85 bits per heavy atom. The number of hydrogen-bond donors (Lipinski definition) is 0. The van der Waals surface area contributed by atoms with Crippen molar-refractivity contribution in [1.82, 2.24) is 0 Å². The molecule has 0 aromatic heterocycles. The van der Waals surface area contributed by atoms with Crippen LogP contribution in [0.5, 0.6) is 0 Å². The SMILES string of the molecule is COCCCCCCOCCOC. The molecule has 0 unspecified atom stereocenters. The minimum absolute atomic E-state index is 0.698. The van der Waals surface area contributed by atoms with Crippen molar-refractivity contribution >= 4 is 0 Å². The maximum absolute atomic E-state index is 5.32. The highest BCUT2D eigenvalue weighted by Crippen LogP contribution is 1.99. The first kappa shape index (κ1) is 12.9. The summed E-state index contributed by atoms with van der Waals surface area (Å²) in [5, 5.41) is 0. The molecule has 80 valence electrons. The van der Waals surface area contributed by atoms with E-state index in [1.165, 1.54) is 12.8 Å². The molecule has 0 aromatic carbocycles. The molecule has 3 nitrogen and oxygen atoms in total. The molecule has 0 rings (SSSR count). The summed E-state index contributed by atoms with van der Waals surface area (Å²) in [6, 6.07) is 0. The van der Waals surface area contributed by atoms with Crippen molar-refractivity contribution in [3.05, 3.63) is 0 Å². The number of unbranched alkanes of at least 4 members (excludes halogenated alkanes) is 3. The van der Waals surface area contributed by atoms with Crippen LogP contribution in [0.4, 0.5) is 0 Å². The molecule has 0 atom stereocenters. The molecule has 0 aliphatic carbocycles. The normalized spacial score (nSPS) is 10.6. The Morgan fingerprint density at radius 2 is 1.23 bits per heavy atom. The van der Waals surface area contributed by atoms with Gasteiger partial charge in [-0.1, -0.05) is 12.8 Å². The zero-order valence-electron chi connectivity index (χ0n) is 8.88. The molecule has 0 fully saturated rings. The molecule has 0 aromatic rings. The van der Waals surface area contributed by atoms with Crippen LogP contribution in [0.25, 0.3) is 0 Å². The molecule has 0 aliphatic heterocycles. The van der Waals surface area contributed by atoms with Gasteiger partial charge in [0.25, 0.3) is 0 Å². The Morgan fingerprint density at radius 1 is 0.615 bits per heavy atom. The molecule has 13 heavy (non-hydrogen) atoms. The van der Waals surface area contributed by atoms with Gasteiger partial charge in [-0.05, 0) is 12.8 Å². The highest BCUT2D eigenvalue weighted by atomic mass is 16.5. The van der Waals surface area contributed by atoms with E-state index in [0.29, 0.717) is 13.2 Å². The van der Waals surface area contributed by atoms with E-state index in [-0.39, 0.29) is 0 Å². The van der Waals surface area contributed by atoms with Gasteiger partial charge in [0.05, 0.1) is 13.2 Å². The lowest BCUT2D eigenvalue weighted by molar-refractivity contribution is 0.0683. The van der Waals surface area contributed by atoms with E-state index in [0.717, 1.165) is 26.1 Å². The first-order valence-electron chi connectivity index (χ1n) is 4.97. The van der Waals surface area contributed by atoms with E-state index < -0.39 is 0 Å². The lowest BCUT2D eigenvalue weighted by Crippen LogP contribution is -2.02. The second-order valence-electron chi connectivity index (χ2n) is 3.01. The van der Waals surface area contributed by atoms with Crippen molar-refractivity contribution in [1.29, 1.82) is 0 Å². The summed E-state index contributed by atoms with van der Waals surface area (Å²) in [7, 11) is 3.43. The van der Waals surface area contributed by atoms with Crippen LogP contribution < -0.4 is 0 Å². The van der Waals surface area contributed by atoms with Crippen LogP contribution >= 0.6 is 0 Å². The molecule has 0 amide bonds. The van der Waals surface area contributed by atoms with Gasteiger partial charge in [0.15, 0.2) is 0 Å². The first-order chi connectivity index (χ1) is 6.41. The van der Waals surface area contributed by atoms with Gasteiger partial charge in [0, 0.05) is 27.4 Å². The number of ether oxygens (including phenoxy) is 3. The summed E-state index contributed by atoms with van der Waals surface area (Å²) in [4.78, 5) is 0. The van der Waals surface area contributed by atoms with Gasteiger partial charge in [0.2, 0.25) is 0 Å². The molecule has 0 saturated carbocycles. The maximum atomic E-state index is 5.32. The smallest absolute Gasteiger partial charge is 0.0700 e. The van der Waals surface area contributed by atoms with Crippen molar-refractivity contribution in [3.63, 3.8) is 0 Å². The summed E-state index contributed by atoms with van der Waals surface area (Å²) in [5.41, 5.74) is 0. The highest BCUT2D eigenvalue weighted by Gasteiger charge is 1.90. The van der Waals surface area contributed by atoms with Gasteiger partial charge >= 0.3 is 0 Å². The van der Waals surface area contributed by atoms with Crippen LogP contribution in [0.1, 0.15) is 25.7 Å². The zero-order chi connectivity index (χ0) is 9.78. The van der Waals surface area contributed by atoms with Crippen molar-refractivity contribution < 1.29 is 14.2 Å². The molecular weight excluding hydrogens is 168 g/mol. The topological polar surface area (TPSA) is 27.7 Å². The average molecular weight is 190 g/mol. The van der Waals surface area contributed by atoms with Gasteiger partial charge in [-0.2, -0.15) is 0 Å². The van der Waals surface area contributed by atoms with E-state index in [1.807, 2.05) is 0 Å². The fourth-order valence-corrected chi connectivity index (χ4v) is 1.05. The Kier molecular flexibility index (Phi) is 11.8. The van der Waals surface area contributed by atoms with Gasteiger partial charge in [-0.15, -0.1) is 0 Å². The molecule has 0 N–H and O–H groups in total. The Hall–Kier alpha value is -0.120. The van der Waals surface area contributed by atoms with E-state index in [1.54, 1.807) is 14.2 Å². The van der Waals surface area contributed by atoms with E-state index in [4.69, 9.17) is 14.2 Å². The third-order valence-corrected chi connectivity index (χ3v) is 1.82. The monoisotopic (exact) mass is 190 g/mol. The van der Waals surface area contributed by atoms with Crippen molar-refractivity contribution in [2.75, 3.05) is 40.6 Å². The van der Waals surface area contributed by atoms with Crippen LogP contribution in [0.3, 0.4) is 0 Å². The third kappa shape index (κ3) is 11.9. The predicted octanol–water partition coefficient (Wildman–Crippen LogP) is 1.86. The molecule has 0 saturated heterocycles. The summed E-state index contributed by atoms with van der Waals surface area (Å²) in [6.07, 6.45) is 4.78. The lowest BCUT2D eigenvalue weighted by Gasteiger charge is -2.03. The first-order valence-corrected chi connectivity index (χ1v) is 4.97. The molecule has 0 radical (unpaired) electrons. The van der Waals surface area contributed by atoms with E-state index in [2.05, 4.69) is 0 Å². The summed E-state index contributed by atoms with van der Waals surface area (Å²) in [6.45, 7) is 3.15. The van der Waals surface area contributed by atoms with Crippen molar-refractivity contribution in [3.8, 4) is 0 Å². The molecule has 0 aliphatic rings. The highest BCUT2D eigenvalue weighted by molar-refractivity contribution is 4.42. The molecule has 0 heterocycles. The number of hydrogen-bond acceptors (Lipinski definition) is 3. The average Bonchev–Trinajstić information content (AvgIpc) is 2.16. The van der Waals surface area contributed by atoms with Crippen LogP contribution in [-0.4, -0.2) is 40.6 Å². The van der Waals surface area contributed by atoms with Crippen LogP contribution in [0.2, 0.25) is 0 Å². The maximum Gasteiger partial charge on any atom is 0.0700 e. The molecule has 3 heteroatoms. The van der Waals surface area contributed by atoms with Gasteiger partial charge in [-0.25, -0.2) is 0 Å². The lowest BCUT2D eigenvalue weighted by atomic mass is 10.2. The van der Waals surface area contributed by atoms with E-state index in [9.17, 15) is 0 Å². The predicted molar refractivity (Wildman–Crippen MR) is 53.0 cm³/mol. The van der Waals surface area contributed by atoms with Crippen molar-refractivity contribution in [2.45, 2.75) is 25.7 Å². The fourth-order valence-electron chi connectivity index (χ4n) is 1.05. The summed E-state index contributed by atoms with van der Waals surface area (Å²) < 4.78 is 15.1. The van der Waals surface area contributed by atoms with Crippen LogP contribution in [-0.2, 0) is 14.2 Å². The number of methoxy groups -OCH3 is 2. The second-order valence-corrected chi connectivity index (χ2v) is 3.01. The van der Waals surface area contributed by atoms with Gasteiger partial charge < -0.3 is 14.2 Å². The standard InChI is InChI=1S/C10H22O3/c1-11-7-5-3-4-6-8-13-10-9-12-2/h3-10H2,1-2H3. The molecule has 0 spiro atoms. The quantitative estimate of drug-likeness (QED) is 0.492. The summed E-state index contributed by atoms with van der Waals surface area (Å²) in [5.74, 6) is 0. The van der Waals surface area contributed by atoms with Crippen LogP contribution in [0.15, 0.2) is 0 Å².